The van der Waals surface area contributed by atoms with Crippen LogP contribution >= 0.6 is 0 Å². The van der Waals surface area contributed by atoms with Crippen molar-refractivity contribution in [1.29, 1.82) is 0 Å². The Morgan fingerprint density at radius 1 is 1.17 bits per heavy atom. The molecule has 102 valence electrons. The van der Waals surface area contributed by atoms with Crippen molar-refractivity contribution < 1.29 is 5.11 Å². The normalized spacial score (nSPS) is 13.1. The van der Waals surface area contributed by atoms with E-state index in [0.717, 1.165) is 23.8 Å². The van der Waals surface area contributed by atoms with Gasteiger partial charge in [-0.1, -0.05) is 34.6 Å². The number of hydrogen-bond acceptors (Lipinski definition) is 4. The average molecular weight is 251 g/mol. The van der Waals surface area contributed by atoms with E-state index in [0.29, 0.717) is 11.8 Å². The lowest BCUT2D eigenvalue weighted by Gasteiger charge is -2.17. The van der Waals surface area contributed by atoms with E-state index in [1.54, 1.807) is 0 Å². The molecule has 0 bridgehead atoms. The fourth-order valence-electron chi connectivity index (χ4n) is 1.60. The molecule has 1 aromatic heterocycles. The van der Waals surface area contributed by atoms with Gasteiger partial charge in [0.1, 0.15) is 11.6 Å². The summed E-state index contributed by atoms with van der Waals surface area (Å²) >= 11 is 0. The summed E-state index contributed by atoms with van der Waals surface area (Å²) in [5.74, 6) is 2.36. The molecule has 0 fully saturated rings. The van der Waals surface area contributed by atoms with Crippen molar-refractivity contribution in [1.82, 2.24) is 9.97 Å². The van der Waals surface area contributed by atoms with Crippen molar-refractivity contribution in [3.8, 4) is 0 Å². The number of anilines is 1. The number of aliphatic hydroxyl groups excluding tert-OH is 1. The molecule has 0 spiro atoms. The SMILES string of the molecule is CC[C@H](CO)Nc1cc(C(C)C)nc(C(C)C)n1. The van der Waals surface area contributed by atoms with Crippen LogP contribution in [-0.2, 0) is 0 Å². The third kappa shape index (κ3) is 3.95. The zero-order valence-corrected chi connectivity index (χ0v) is 12.1. The molecule has 4 heteroatoms. The summed E-state index contributed by atoms with van der Waals surface area (Å²) in [6.07, 6.45) is 0.870. The van der Waals surface area contributed by atoms with Crippen molar-refractivity contribution in [2.45, 2.75) is 58.9 Å². The first kappa shape index (κ1) is 14.9. The van der Waals surface area contributed by atoms with Crippen LogP contribution in [0, 0.1) is 0 Å². The van der Waals surface area contributed by atoms with Gasteiger partial charge in [-0.3, -0.25) is 0 Å². The Morgan fingerprint density at radius 3 is 2.28 bits per heavy atom. The second kappa shape index (κ2) is 6.69. The van der Waals surface area contributed by atoms with Crippen molar-refractivity contribution in [2.75, 3.05) is 11.9 Å². The lowest BCUT2D eigenvalue weighted by Crippen LogP contribution is -2.24. The van der Waals surface area contributed by atoms with E-state index < -0.39 is 0 Å². The zero-order valence-electron chi connectivity index (χ0n) is 12.1. The molecule has 0 saturated heterocycles. The van der Waals surface area contributed by atoms with Gasteiger partial charge >= 0.3 is 0 Å². The monoisotopic (exact) mass is 251 g/mol. The largest absolute Gasteiger partial charge is 0.394 e. The highest BCUT2D eigenvalue weighted by Crippen LogP contribution is 2.20. The van der Waals surface area contributed by atoms with Gasteiger partial charge in [-0.2, -0.15) is 0 Å². The molecule has 0 radical (unpaired) electrons. The molecule has 2 N–H and O–H groups in total. The second-order valence-electron chi connectivity index (χ2n) is 5.28. The van der Waals surface area contributed by atoms with Crippen LogP contribution in [0.25, 0.3) is 0 Å². The Bertz CT molecular complexity index is 347. The van der Waals surface area contributed by atoms with Crippen LogP contribution in [0.1, 0.15) is 64.4 Å². The van der Waals surface area contributed by atoms with Crippen LogP contribution in [0.4, 0.5) is 5.82 Å². The predicted molar refractivity (Wildman–Crippen MR) is 75.0 cm³/mol. The van der Waals surface area contributed by atoms with Gasteiger partial charge in [0.2, 0.25) is 0 Å². The molecule has 0 aliphatic rings. The molecule has 0 aliphatic carbocycles. The van der Waals surface area contributed by atoms with Crippen LogP contribution in [-0.4, -0.2) is 27.7 Å². The summed E-state index contributed by atoms with van der Waals surface area (Å²) in [5, 5.41) is 12.5. The highest BCUT2D eigenvalue weighted by Gasteiger charge is 2.12. The van der Waals surface area contributed by atoms with E-state index in [-0.39, 0.29) is 12.6 Å². The number of nitrogens with one attached hydrogen (secondary N) is 1. The number of aromatic nitrogens is 2. The second-order valence-corrected chi connectivity index (χ2v) is 5.28. The minimum absolute atomic E-state index is 0.0555. The maximum atomic E-state index is 9.24. The van der Waals surface area contributed by atoms with Crippen LogP contribution in [0.15, 0.2) is 6.07 Å². The first-order valence-corrected chi connectivity index (χ1v) is 6.74. The third-order valence-corrected chi connectivity index (χ3v) is 2.94. The summed E-state index contributed by atoms with van der Waals surface area (Å²) in [6, 6.07) is 2.04. The van der Waals surface area contributed by atoms with E-state index in [1.165, 1.54) is 0 Å². The van der Waals surface area contributed by atoms with Crippen molar-refractivity contribution in [2.24, 2.45) is 0 Å². The summed E-state index contributed by atoms with van der Waals surface area (Å²) < 4.78 is 0. The maximum absolute atomic E-state index is 9.24. The molecular weight excluding hydrogens is 226 g/mol. The Labute approximate surface area is 110 Å². The molecule has 1 heterocycles. The van der Waals surface area contributed by atoms with Gasteiger partial charge in [0.25, 0.3) is 0 Å². The lowest BCUT2D eigenvalue weighted by atomic mass is 10.1. The number of aliphatic hydroxyl groups is 1. The van der Waals surface area contributed by atoms with Crippen LogP contribution in [0.3, 0.4) is 0 Å². The van der Waals surface area contributed by atoms with E-state index in [4.69, 9.17) is 0 Å². The van der Waals surface area contributed by atoms with Gasteiger partial charge in [-0.05, 0) is 12.3 Å². The molecule has 4 nitrogen and oxygen atoms in total. The topological polar surface area (TPSA) is 58.0 Å². The fraction of sp³-hybridized carbons (Fsp3) is 0.714. The Kier molecular flexibility index (Phi) is 5.54. The molecule has 1 rings (SSSR count). The van der Waals surface area contributed by atoms with E-state index >= 15 is 0 Å². The fourth-order valence-corrected chi connectivity index (χ4v) is 1.60. The highest BCUT2D eigenvalue weighted by molar-refractivity contribution is 5.38. The summed E-state index contributed by atoms with van der Waals surface area (Å²) in [4.78, 5) is 9.10. The molecule has 18 heavy (non-hydrogen) atoms. The standard InChI is InChI=1S/C14H25N3O/c1-6-11(8-18)15-13-7-12(9(2)3)16-14(17-13)10(4)5/h7,9-11,18H,6,8H2,1-5H3,(H,15,16,17)/t11-/m1/s1. The minimum atomic E-state index is 0.0555. The van der Waals surface area contributed by atoms with Gasteiger partial charge in [-0.25, -0.2) is 9.97 Å². The first-order valence-electron chi connectivity index (χ1n) is 6.74. The van der Waals surface area contributed by atoms with Gasteiger partial charge in [0.05, 0.1) is 12.6 Å². The van der Waals surface area contributed by atoms with E-state index in [9.17, 15) is 5.11 Å². The summed E-state index contributed by atoms with van der Waals surface area (Å²) in [6.45, 7) is 10.6. The van der Waals surface area contributed by atoms with E-state index in [2.05, 4.69) is 43.0 Å². The highest BCUT2D eigenvalue weighted by atomic mass is 16.3. The number of rotatable bonds is 6. The maximum Gasteiger partial charge on any atom is 0.133 e. The Morgan fingerprint density at radius 2 is 1.83 bits per heavy atom. The quantitative estimate of drug-likeness (QED) is 0.816. The van der Waals surface area contributed by atoms with Crippen LogP contribution < -0.4 is 5.32 Å². The predicted octanol–water partition coefficient (Wildman–Crippen LogP) is 2.91. The molecule has 0 unspecified atom stereocenters. The van der Waals surface area contributed by atoms with E-state index in [1.807, 2.05) is 13.0 Å². The van der Waals surface area contributed by atoms with Crippen molar-refractivity contribution in [3.63, 3.8) is 0 Å². The molecule has 1 atom stereocenters. The Balaban J connectivity index is 3.03. The zero-order chi connectivity index (χ0) is 13.7. The van der Waals surface area contributed by atoms with Gasteiger partial charge < -0.3 is 10.4 Å². The van der Waals surface area contributed by atoms with Gasteiger partial charge in [-0.15, -0.1) is 0 Å². The van der Waals surface area contributed by atoms with Crippen molar-refractivity contribution in [3.05, 3.63) is 17.6 Å². The van der Waals surface area contributed by atoms with Gasteiger partial charge in [0, 0.05) is 17.7 Å². The van der Waals surface area contributed by atoms with Crippen LogP contribution in [0.2, 0.25) is 0 Å². The smallest absolute Gasteiger partial charge is 0.133 e. The summed E-state index contributed by atoms with van der Waals surface area (Å²) in [7, 11) is 0. The Hall–Kier alpha value is -1.16. The number of hydrogen-bond donors (Lipinski definition) is 2. The lowest BCUT2D eigenvalue weighted by molar-refractivity contribution is 0.271. The minimum Gasteiger partial charge on any atom is -0.394 e. The average Bonchev–Trinajstić information content (AvgIpc) is 2.35. The third-order valence-electron chi connectivity index (χ3n) is 2.94. The van der Waals surface area contributed by atoms with Crippen molar-refractivity contribution >= 4 is 5.82 Å². The number of nitrogens with zero attached hydrogens (tertiary/aromatic N) is 2. The first-order chi connectivity index (χ1) is 8.47. The van der Waals surface area contributed by atoms with Gasteiger partial charge in [0.15, 0.2) is 0 Å². The molecule has 1 aromatic rings. The molecule has 0 amide bonds. The summed E-state index contributed by atoms with van der Waals surface area (Å²) in [5.41, 5.74) is 1.05. The molecule has 0 aromatic carbocycles. The molecule has 0 aliphatic heterocycles. The van der Waals surface area contributed by atoms with Crippen LogP contribution in [0.5, 0.6) is 0 Å². The molecular formula is C14H25N3O. The molecule has 0 saturated carbocycles.